The van der Waals surface area contributed by atoms with Crippen molar-refractivity contribution in [1.82, 2.24) is 0 Å². The average molecular weight is 638 g/mol. The lowest BCUT2D eigenvalue weighted by Gasteiger charge is -2.43. The van der Waals surface area contributed by atoms with Crippen LogP contribution >= 0.6 is 0 Å². The van der Waals surface area contributed by atoms with Crippen LogP contribution in [0.15, 0.2) is 109 Å². The van der Waals surface area contributed by atoms with Crippen LogP contribution in [0.1, 0.15) is 67.9 Å². The van der Waals surface area contributed by atoms with Gasteiger partial charge >= 0.3 is 6.18 Å². The summed E-state index contributed by atoms with van der Waals surface area (Å²) in [4.78, 5) is 29.0. The summed E-state index contributed by atoms with van der Waals surface area (Å²) >= 11 is 0. The highest BCUT2D eigenvalue weighted by atomic mass is 19.4. The third-order valence-corrected chi connectivity index (χ3v) is 9.94. The maximum absolute atomic E-state index is 13.9. The molecule has 3 nitrogen and oxygen atoms in total. The maximum atomic E-state index is 13.9. The monoisotopic (exact) mass is 637 g/mol. The van der Waals surface area contributed by atoms with Crippen LogP contribution in [0, 0.1) is 13.8 Å². The predicted octanol–water partition coefficient (Wildman–Crippen LogP) is 11.2. The molecule has 8 rings (SSSR count). The van der Waals surface area contributed by atoms with Gasteiger partial charge in [0.2, 0.25) is 0 Å². The minimum atomic E-state index is -4.44. The van der Waals surface area contributed by atoms with Crippen LogP contribution in [0.5, 0.6) is 0 Å². The first-order chi connectivity index (χ1) is 22.8. The lowest BCUT2D eigenvalue weighted by Crippen LogP contribution is -2.31. The van der Waals surface area contributed by atoms with Gasteiger partial charge in [-0.25, -0.2) is 0 Å². The van der Waals surface area contributed by atoms with Crippen molar-refractivity contribution in [3.8, 4) is 0 Å². The van der Waals surface area contributed by atoms with Gasteiger partial charge in [0.05, 0.1) is 22.5 Å². The molecule has 0 fully saturated rings. The number of carbonyl (C=O) groups is 2. The molecule has 2 aliphatic rings. The van der Waals surface area contributed by atoms with Crippen LogP contribution < -0.4 is 4.90 Å². The number of allylic oxidation sites excluding steroid dienone is 1. The standard InChI is InChI=1S/C42H30F3NO2/c1-23-17-29(18-24(2)37(23)42(43,44)45)46-35-12-8-7-11-34(35)41(3,4)38-30-15-13-25(19-28(30)14-16-36(38)46)20-33-39(47)31-21-26-9-5-6-10-27(26)22-32(31)40(33)48/h5-22H,1-4H3. The molecule has 0 aromatic heterocycles. The van der Waals surface area contributed by atoms with Crippen molar-refractivity contribution in [2.24, 2.45) is 0 Å². The molecule has 0 spiro atoms. The number of benzene rings is 6. The molecule has 1 heterocycles. The van der Waals surface area contributed by atoms with Gasteiger partial charge in [-0.1, -0.05) is 74.5 Å². The van der Waals surface area contributed by atoms with Gasteiger partial charge in [-0.05, 0) is 112 Å². The van der Waals surface area contributed by atoms with E-state index in [1.807, 2.05) is 72.8 Å². The summed E-state index contributed by atoms with van der Waals surface area (Å²) in [6, 6.07) is 32.5. The van der Waals surface area contributed by atoms with Gasteiger partial charge in [0.25, 0.3) is 0 Å². The third kappa shape index (κ3) is 4.35. The van der Waals surface area contributed by atoms with Crippen molar-refractivity contribution < 1.29 is 22.8 Å². The van der Waals surface area contributed by atoms with E-state index in [0.717, 1.165) is 49.6 Å². The molecular weight excluding hydrogens is 607 g/mol. The normalized spacial score (nSPS) is 15.1. The number of alkyl halides is 3. The summed E-state index contributed by atoms with van der Waals surface area (Å²) in [5.41, 5.74) is 5.58. The van der Waals surface area contributed by atoms with Crippen LogP contribution in [-0.2, 0) is 11.6 Å². The summed E-state index contributed by atoms with van der Waals surface area (Å²) < 4.78 is 41.7. The lowest BCUT2D eigenvalue weighted by atomic mass is 9.71. The summed E-state index contributed by atoms with van der Waals surface area (Å²) in [5.74, 6) is -0.552. The van der Waals surface area contributed by atoms with Gasteiger partial charge < -0.3 is 4.90 Å². The number of hydrogen-bond acceptors (Lipinski definition) is 3. The fraction of sp³-hybridized carbons (Fsp3) is 0.143. The number of para-hydroxylation sites is 1. The molecule has 236 valence electrons. The zero-order chi connectivity index (χ0) is 33.7. The summed E-state index contributed by atoms with van der Waals surface area (Å²) in [7, 11) is 0. The highest BCUT2D eigenvalue weighted by Gasteiger charge is 2.40. The van der Waals surface area contributed by atoms with Crippen LogP contribution in [-0.4, -0.2) is 11.6 Å². The topological polar surface area (TPSA) is 37.4 Å². The highest BCUT2D eigenvalue weighted by Crippen LogP contribution is 2.54. The van der Waals surface area contributed by atoms with E-state index < -0.39 is 17.2 Å². The second-order valence-corrected chi connectivity index (χ2v) is 13.3. The number of Topliss-reactive ketones (excluding diaryl/α,β-unsaturated/α-hetero) is 2. The summed E-state index contributed by atoms with van der Waals surface area (Å²) in [6.07, 6.45) is -2.77. The molecule has 0 atom stereocenters. The molecule has 0 radical (unpaired) electrons. The van der Waals surface area contributed by atoms with Crippen LogP contribution in [0.4, 0.5) is 30.2 Å². The van der Waals surface area contributed by atoms with E-state index in [1.165, 1.54) is 13.8 Å². The molecule has 0 unspecified atom stereocenters. The van der Waals surface area contributed by atoms with E-state index in [4.69, 9.17) is 0 Å². The number of rotatable bonds is 2. The molecule has 0 saturated heterocycles. The lowest BCUT2D eigenvalue weighted by molar-refractivity contribution is -0.138. The van der Waals surface area contributed by atoms with Crippen molar-refractivity contribution in [2.75, 3.05) is 4.90 Å². The van der Waals surface area contributed by atoms with E-state index in [2.05, 4.69) is 24.8 Å². The number of nitrogens with zero attached hydrogens (tertiary/aromatic N) is 1. The van der Waals surface area contributed by atoms with Gasteiger partial charge in [-0.15, -0.1) is 0 Å². The fourth-order valence-electron chi connectivity index (χ4n) is 7.83. The number of aryl methyl sites for hydroxylation is 2. The Balaban J connectivity index is 1.27. The maximum Gasteiger partial charge on any atom is 0.416 e. The zero-order valence-electron chi connectivity index (χ0n) is 26.8. The number of carbonyl (C=O) groups excluding carboxylic acids is 2. The van der Waals surface area contributed by atoms with Gasteiger partial charge in [-0.2, -0.15) is 13.2 Å². The summed E-state index contributed by atoms with van der Waals surface area (Å²) in [5, 5.41) is 3.73. The molecule has 0 bridgehead atoms. The van der Waals surface area contributed by atoms with Crippen molar-refractivity contribution >= 4 is 56.2 Å². The number of ketones is 2. The first-order valence-corrected chi connectivity index (χ1v) is 15.8. The molecular formula is C42H30F3NO2. The van der Waals surface area contributed by atoms with E-state index in [-0.39, 0.29) is 28.3 Å². The number of anilines is 3. The first kappa shape index (κ1) is 29.9. The molecule has 6 aromatic carbocycles. The Hall–Kier alpha value is -5.49. The first-order valence-electron chi connectivity index (χ1n) is 15.8. The smallest absolute Gasteiger partial charge is 0.310 e. The predicted molar refractivity (Wildman–Crippen MR) is 186 cm³/mol. The molecule has 6 aromatic rings. The second kappa shape index (κ2) is 10.3. The minimum absolute atomic E-state index is 0.145. The Bertz CT molecular complexity index is 2350. The zero-order valence-corrected chi connectivity index (χ0v) is 26.8. The summed E-state index contributed by atoms with van der Waals surface area (Å²) in [6.45, 7) is 7.35. The Labute approximate surface area is 275 Å². The number of hydrogen-bond donors (Lipinski definition) is 0. The number of halogens is 3. The van der Waals surface area contributed by atoms with E-state index >= 15 is 0 Å². The van der Waals surface area contributed by atoms with E-state index in [9.17, 15) is 22.8 Å². The SMILES string of the molecule is Cc1cc(N2c3ccccc3C(C)(C)c3c2ccc2cc(C=C4C(=O)c5cc6ccccc6cc5C4=O)ccc32)cc(C)c1C(F)(F)F. The van der Waals surface area contributed by atoms with Crippen LogP contribution in [0.25, 0.3) is 27.6 Å². The quantitative estimate of drug-likeness (QED) is 0.140. The number of fused-ring (bicyclic) bond motifs is 6. The van der Waals surface area contributed by atoms with E-state index in [1.54, 1.807) is 30.3 Å². The largest absolute Gasteiger partial charge is 0.416 e. The Morgan fingerprint density at radius 3 is 1.90 bits per heavy atom. The molecule has 0 amide bonds. The van der Waals surface area contributed by atoms with Crippen LogP contribution in [0.2, 0.25) is 0 Å². The molecule has 48 heavy (non-hydrogen) atoms. The highest BCUT2D eigenvalue weighted by molar-refractivity contribution is 6.42. The molecule has 1 aliphatic carbocycles. The fourth-order valence-corrected chi connectivity index (χ4v) is 7.83. The van der Waals surface area contributed by atoms with E-state index in [0.29, 0.717) is 16.8 Å². The van der Waals surface area contributed by atoms with Gasteiger partial charge in [0.15, 0.2) is 11.6 Å². The van der Waals surface area contributed by atoms with Gasteiger partial charge in [0.1, 0.15) is 0 Å². The average Bonchev–Trinajstić information content (AvgIpc) is 3.26. The molecule has 0 saturated carbocycles. The van der Waals surface area contributed by atoms with Crippen LogP contribution in [0.3, 0.4) is 0 Å². The molecule has 6 heteroatoms. The van der Waals surface area contributed by atoms with Gasteiger partial charge in [-0.3, -0.25) is 9.59 Å². The van der Waals surface area contributed by atoms with Gasteiger partial charge in [0, 0.05) is 22.2 Å². The van der Waals surface area contributed by atoms with Crippen molar-refractivity contribution in [2.45, 2.75) is 39.3 Å². The minimum Gasteiger partial charge on any atom is -0.310 e. The Kier molecular flexibility index (Phi) is 6.38. The Morgan fingerprint density at radius 2 is 1.27 bits per heavy atom. The Morgan fingerprint density at radius 1 is 0.667 bits per heavy atom. The van der Waals surface area contributed by atoms with Crippen molar-refractivity contribution in [3.05, 3.63) is 153 Å². The van der Waals surface area contributed by atoms with Crippen molar-refractivity contribution in [1.29, 1.82) is 0 Å². The van der Waals surface area contributed by atoms with Crippen molar-refractivity contribution in [3.63, 3.8) is 0 Å². The second-order valence-electron chi connectivity index (χ2n) is 13.3. The third-order valence-electron chi connectivity index (χ3n) is 9.94. The molecule has 1 aliphatic heterocycles. The molecule has 0 N–H and O–H groups in total.